The highest BCUT2D eigenvalue weighted by Crippen LogP contribution is 2.24. The smallest absolute Gasteiger partial charge is 0.311 e. The fourth-order valence-corrected chi connectivity index (χ4v) is 3.72. The van der Waals surface area contributed by atoms with Gasteiger partial charge in [0.2, 0.25) is 0 Å². The van der Waals surface area contributed by atoms with E-state index in [1.165, 1.54) is 0 Å². The molecule has 1 amide bonds. The Morgan fingerprint density at radius 1 is 1.35 bits per heavy atom. The monoisotopic (exact) mass is 357 g/mol. The Morgan fingerprint density at radius 2 is 2.15 bits per heavy atom. The van der Waals surface area contributed by atoms with Crippen molar-refractivity contribution in [3.05, 3.63) is 35.6 Å². The predicted octanol–water partition coefficient (Wildman–Crippen LogP) is 4.01. The fourth-order valence-electron chi connectivity index (χ4n) is 3.72. The van der Waals surface area contributed by atoms with Crippen LogP contribution in [0.2, 0.25) is 0 Å². The van der Waals surface area contributed by atoms with Crippen molar-refractivity contribution in [1.29, 1.82) is 0 Å². The average Bonchev–Trinajstić information content (AvgIpc) is 3.02. The number of furan rings is 1. The molecule has 2 heterocycles. The lowest BCUT2D eigenvalue weighted by Gasteiger charge is -2.36. The SMILES string of the molecule is CCC1CCCCN1C(=O)C(C)OC(=O)Cc1coc2cc(C)ccc12. The Bertz CT molecular complexity index is 794. The van der Waals surface area contributed by atoms with Crippen LogP contribution in [-0.4, -0.2) is 35.5 Å². The number of carbonyl (C=O) groups is 2. The lowest BCUT2D eigenvalue weighted by molar-refractivity contribution is -0.160. The standard InChI is InChI=1S/C21H27NO4/c1-4-17-7-5-6-10-22(17)21(24)15(3)26-20(23)12-16-13-25-19-11-14(2)8-9-18(16)19/h8-9,11,13,15,17H,4-7,10,12H2,1-3H3. The molecule has 2 aromatic rings. The largest absolute Gasteiger partial charge is 0.464 e. The number of hydrogen-bond acceptors (Lipinski definition) is 4. The fraction of sp³-hybridized carbons (Fsp3) is 0.524. The van der Waals surface area contributed by atoms with Crippen LogP contribution in [0.1, 0.15) is 50.7 Å². The Balaban J connectivity index is 1.62. The molecule has 26 heavy (non-hydrogen) atoms. The van der Waals surface area contributed by atoms with E-state index in [2.05, 4.69) is 6.92 Å². The highest BCUT2D eigenvalue weighted by Gasteiger charge is 2.30. The summed E-state index contributed by atoms with van der Waals surface area (Å²) in [4.78, 5) is 26.9. The molecule has 1 fully saturated rings. The molecule has 0 radical (unpaired) electrons. The number of nitrogens with zero attached hydrogens (tertiary/aromatic N) is 1. The number of rotatable bonds is 5. The molecular formula is C21H27NO4. The molecule has 2 unspecified atom stereocenters. The van der Waals surface area contributed by atoms with Crippen molar-refractivity contribution in [2.24, 2.45) is 0 Å². The Hall–Kier alpha value is -2.30. The topological polar surface area (TPSA) is 59.8 Å². The molecule has 1 aliphatic heterocycles. The van der Waals surface area contributed by atoms with Gasteiger partial charge in [-0.3, -0.25) is 9.59 Å². The van der Waals surface area contributed by atoms with Crippen molar-refractivity contribution in [2.45, 2.75) is 65.0 Å². The second-order valence-corrected chi connectivity index (χ2v) is 7.16. The molecule has 2 atom stereocenters. The van der Waals surface area contributed by atoms with Gasteiger partial charge < -0.3 is 14.1 Å². The second-order valence-electron chi connectivity index (χ2n) is 7.16. The van der Waals surface area contributed by atoms with Crippen molar-refractivity contribution in [3.8, 4) is 0 Å². The van der Waals surface area contributed by atoms with Gasteiger partial charge in [0.15, 0.2) is 6.10 Å². The van der Waals surface area contributed by atoms with E-state index in [1.54, 1.807) is 13.2 Å². The van der Waals surface area contributed by atoms with Gasteiger partial charge in [0, 0.05) is 23.5 Å². The predicted molar refractivity (Wildman–Crippen MR) is 99.9 cm³/mol. The van der Waals surface area contributed by atoms with Gasteiger partial charge >= 0.3 is 5.97 Å². The number of aryl methyl sites for hydroxylation is 1. The maximum absolute atomic E-state index is 12.7. The van der Waals surface area contributed by atoms with E-state index in [4.69, 9.17) is 9.15 Å². The average molecular weight is 357 g/mol. The van der Waals surface area contributed by atoms with E-state index < -0.39 is 12.1 Å². The maximum atomic E-state index is 12.7. The molecule has 0 N–H and O–H groups in total. The van der Waals surface area contributed by atoms with E-state index in [-0.39, 0.29) is 18.4 Å². The van der Waals surface area contributed by atoms with Crippen molar-refractivity contribution in [3.63, 3.8) is 0 Å². The molecule has 0 aliphatic carbocycles. The first-order valence-corrected chi connectivity index (χ1v) is 9.46. The summed E-state index contributed by atoms with van der Waals surface area (Å²) in [6.07, 6.45) is 5.08. The van der Waals surface area contributed by atoms with Crippen LogP contribution in [-0.2, 0) is 20.7 Å². The lowest BCUT2D eigenvalue weighted by atomic mass is 9.99. The third-order valence-electron chi connectivity index (χ3n) is 5.18. The zero-order chi connectivity index (χ0) is 18.7. The number of amides is 1. The first-order valence-electron chi connectivity index (χ1n) is 9.46. The van der Waals surface area contributed by atoms with Crippen molar-refractivity contribution in [2.75, 3.05) is 6.54 Å². The molecule has 1 aromatic carbocycles. The van der Waals surface area contributed by atoms with Crippen LogP contribution in [0.4, 0.5) is 0 Å². The number of likely N-dealkylation sites (tertiary alicyclic amines) is 1. The number of ether oxygens (including phenoxy) is 1. The molecule has 1 aliphatic rings. The summed E-state index contributed by atoms with van der Waals surface area (Å²) in [6.45, 7) is 6.51. The van der Waals surface area contributed by atoms with Crippen LogP contribution in [0.15, 0.2) is 28.9 Å². The summed E-state index contributed by atoms with van der Waals surface area (Å²) < 4.78 is 11.0. The number of hydrogen-bond donors (Lipinski definition) is 0. The molecule has 3 rings (SSSR count). The molecule has 5 nitrogen and oxygen atoms in total. The van der Waals surface area contributed by atoms with Crippen LogP contribution < -0.4 is 0 Å². The van der Waals surface area contributed by atoms with Crippen LogP contribution in [0.25, 0.3) is 11.0 Å². The number of benzene rings is 1. The third-order valence-corrected chi connectivity index (χ3v) is 5.18. The van der Waals surface area contributed by atoms with Gasteiger partial charge in [-0.1, -0.05) is 19.1 Å². The van der Waals surface area contributed by atoms with E-state index in [1.807, 2.05) is 30.0 Å². The zero-order valence-electron chi connectivity index (χ0n) is 15.8. The minimum atomic E-state index is -0.755. The van der Waals surface area contributed by atoms with Crippen molar-refractivity contribution in [1.82, 2.24) is 4.90 Å². The summed E-state index contributed by atoms with van der Waals surface area (Å²) in [7, 11) is 0. The van der Waals surface area contributed by atoms with Gasteiger partial charge in [-0.15, -0.1) is 0 Å². The summed E-state index contributed by atoms with van der Waals surface area (Å²) in [5.74, 6) is -0.489. The van der Waals surface area contributed by atoms with E-state index in [0.717, 1.165) is 54.3 Å². The molecule has 1 aromatic heterocycles. The molecule has 0 saturated carbocycles. The quantitative estimate of drug-likeness (QED) is 0.759. The zero-order valence-corrected chi connectivity index (χ0v) is 15.8. The van der Waals surface area contributed by atoms with Gasteiger partial charge in [-0.25, -0.2) is 0 Å². The van der Waals surface area contributed by atoms with Gasteiger partial charge in [0.1, 0.15) is 5.58 Å². The Morgan fingerprint density at radius 3 is 2.92 bits per heavy atom. The van der Waals surface area contributed by atoms with Gasteiger partial charge in [-0.05, 0) is 51.2 Å². The first kappa shape index (κ1) is 18.5. The van der Waals surface area contributed by atoms with Crippen molar-refractivity contribution >= 4 is 22.8 Å². The van der Waals surface area contributed by atoms with E-state index in [0.29, 0.717) is 0 Å². The van der Waals surface area contributed by atoms with E-state index in [9.17, 15) is 9.59 Å². The minimum Gasteiger partial charge on any atom is -0.464 e. The molecular weight excluding hydrogens is 330 g/mol. The molecule has 140 valence electrons. The highest BCUT2D eigenvalue weighted by atomic mass is 16.5. The van der Waals surface area contributed by atoms with Crippen LogP contribution in [0, 0.1) is 6.92 Å². The van der Waals surface area contributed by atoms with Crippen LogP contribution in [0.3, 0.4) is 0 Å². The Labute approximate surface area is 154 Å². The van der Waals surface area contributed by atoms with Crippen molar-refractivity contribution < 1.29 is 18.7 Å². The Kier molecular flexibility index (Phi) is 5.64. The number of piperidine rings is 1. The minimum absolute atomic E-state index is 0.0856. The maximum Gasteiger partial charge on any atom is 0.311 e. The summed E-state index contributed by atoms with van der Waals surface area (Å²) in [5.41, 5.74) is 2.65. The number of carbonyl (C=O) groups excluding carboxylic acids is 2. The molecule has 0 bridgehead atoms. The third kappa shape index (κ3) is 3.92. The summed E-state index contributed by atoms with van der Waals surface area (Å²) >= 11 is 0. The second kappa shape index (κ2) is 7.94. The molecule has 1 saturated heterocycles. The normalized spacial score (nSPS) is 18.7. The summed E-state index contributed by atoms with van der Waals surface area (Å²) in [5, 5.41) is 0.911. The molecule has 5 heteroatoms. The van der Waals surface area contributed by atoms with Crippen LogP contribution >= 0.6 is 0 Å². The van der Waals surface area contributed by atoms with Gasteiger partial charge in [0.05, 0.1) is 12.7 Å². The molecule has 0 spiro atoms. The van der Waals surface area contributed by atoms with Gasteiger partial charge in [-0.2, -0.15) is 0 Å². The van der Waals surface area contributed by atoms with Crippen LogP contribution in [0.5, 0.6) is 0 Å². The number of esters is 1. The first-order chi connectivity index (χ1) is 12.5. The van der Waals surface area contributed by atoms with E-state index >= 15 is 0 Å². The summed E-state index contributed by atoms with van der Waals surface area (Å²) in [6, 6.07) is 6.14. The van der Waals surface area contributed by atoms with Gasteiger partial charge in [0.25, 0.3) is 5.91 Å². The lowest BCUT2D eigenvalue weighted by Crippen LogP contribution is -2.48. The number of fused-ring (bicyclic) bond motifs is 1. The highest BCUT2D eigenvalue weighted by molar-refractivity contribution is 5.88.